The quantitative estimate of drug-likeness (QED) is 0.490. The molecule has 1 fully saturated rings. The predicted molar refractivity (Wildman–Crippen MR) is 129 cm³/mol. The summed E-state index contributed by atoms with van der Waals surface area (Å²) in [6.45, 7) is 4.22. The van der Waals surface area contributed by atoms with Gasteiger partial charge in [0.05, 0.1) is 10.9 Å². The minimum Gasteiger partial charge on any atom is -0.484 e. The van der Waals surface area contributed by atoms with E-state index in [1.807, 2.05) is 48.8 Å². The van der Waals surface area contributed by atoms with Crippen molar-refractivity contribution in [2.45, 2.75) is 50.9 Å². The molecule has 1 N–H and O–H groups in total. The lowest BCUT2D eigenvalue weighted by molar-refractivity contribution is -0.118. The maximum atomic E-state index is 11.8. The number of nitrogens with zero attached hydrogens (tertiary/aromatic N) is 2. The number of pyridine rings is 2. The van der Waals surface area contributed by atoms with Gasteiger partial charge < -0.3 is 4.74 Å². The number of thioether (sulfide) groups is 1. The lowest BCUT2D eigenvalue weighted by Gasteiger charge is -2.19. The standard InChI is InChI=1S/C26H27N3O3S/c1-3-17-5-9-20(27-15-17)14-23(22-12-8-18(4-2)16-28-22)32-21-10-6-19(7-11-21)13-24-25(30)29-26(31)33-24/h5-12,15-16,23-24H,3-4,13-14H2,1-2H3,(H,29,30,31). The van der Waals surface area contributed by atoms with Crippen molar-refractivity contribution in [1.82, 2.24) is 15.3 Å². The molecule has 6 nitrogen and oxygen atoms in total. The Morgan fingerprint density at radius 3 is 2.12 bits per heavy atom. The minimum absolute atomic E-state index is 0.228. The van der Waals surface area contributed by atoms with E-state index in [0.717, 1.165) is 47.3 Å². The largest absolute Gasteiger partial charge is 0.484 e. The van der Waals surface area contributed by atoms with Crippen LogP contribution in [0.3, 0.4) is 0 Å². The van der Waals surface area contributed by atoms with Crippen molar-refractivity contribution in [3.8, 4) is 5.75 Å². The van der Waals surface area contributed by atoms with Crippen LogP contribution < -0.4 is 10.1 Å². The first-order chi connectivity index (χ1) is 16.0. The number of carbonyl (C=O) groups is 2. The van der Waals surface area contributed by atoms with E-state index in [2.05, 4.69) is 41.3 Å². The molecule has 2 atom stereocenters. The van der Waals surface area contributed by atoms with Crippen molar-refractivity contribution in [1.29, 1.82) is 0 Å². The third kappa shape index (κ3) is 5.99. The van der Waals surface area contributed by atoms with Crippen molar-refractivity contribution in [2.24, 2.45) is 0 Å². The van der Waals surface area contributed by atoms with Gasteiger partial charge in [-0.05, 0) is 60.2 Å². The van der Waals surface area contributed by atoms with Crippen LogP contribution in [0.15, 0.2) is 60.9 Å². The SMILES string of the molecule is CCc1ccc(CC(Oc2ccc(CC3SC(=O)NC3=O)cc2)c2ccc(CC)cn2)nc1. The molecule has 0 spiro atoms. The molecule has 0 saturated carbocycles. The molecule has 2 amide bonds. The Morgan fingerprint density at radius 2 is 1.58 bits per heavy atom. The first-order valence-electron chi connectivity index (χ1n) is 11.2. The summed E-state index contributed by atoms with van der Waals surface area (Å²) in [7, 11) is 0. The number of hydrogen-bond donors (Lipinski definition) is 1. The molecular formula is C26H27N3O3S. The Labute approximate surface area is 198 Å². The van der Waals surface area contributed by atoms with E-state index in [0.29, 0.717) is 12.8 Å². The number of aromatic nitrogens is 2. The van der Waals surface area contributed by atoms with Gasteiger partial charge in [0.1, 0.15) is 11.9 Å². The summed E-state index contributed by atoms with van der Waals surface area (Å²) in [4.78, 5) is 32.5. The highest BCUT2D eigenvalue weighted by atomic mass is 32.2. The maximum absolute atomic E-state index is 11.8. The monoisotopic (exact) mass is 461 g/mol. The molecular weight excluding hydrogens is 434 g/mol. The van der Waals surface area contributed by atoms with E-state index in [-0.39, 0.29) is 22.5 Å². The number of carbonyl (C=O) groups excluding carboxylic acids is 2. The topological polar surface area (TPSA) is 81.2 Å². The lowest BCUT2D eigenvalue weighted by atomic mass is 10.1. The fourth-order valence-electron chi connectivity index (χ4n) is 3.63. The van der Waals surface area contributed by atoms with Gasteiger partial charge in [-0.2, -0.15) is 0 Å². The normalized spacial score (nSPS) is 16.5. The molecule has 170 valence electrons. The van der Waals surface area contributed by atoms with Crippen molar-refractivity contribution in [2.75, 3.05) is 0 Å². The molecule has 1 aliphatic rings. The van der Waals surface area contributed by atoms with Crippen LogP contribution >= 0.6 is 11.8 Å². The van der Waals surface area contributed by atoms with Crippen LogP contribution in [0.2, 0.25) is 0 Å². The van der Waals surface area contributed by atoms with Gasteiger partial charge in [0, 0.05) is 24.5 Å². The van der Waals surface area contributed by atoms with Crippen LogP contribution in [-0.2, 0) is 30.5 Å². The fraction of sp³-hybridized carbons (Fsp3) is 0.308. The zero-order chi connectivity index (χ0) is 23.2. The molecule has 1 aliphatic heterocycles. The molecule has 3 heterocycles. The highest BCUT2D eigenvalue weighted by Crippen LogP contribution is 2.27. The summed E-state index contributed by atoms with van der Waals surface area (Å²) in [5, 5.41) is 1.67. The molecule has 7 heteroatoms. The highest BCUT2D eigenvalue weighted by Gasteiger charge is 2.31. The number of amides is 2. The van der Waals surface area contributed by atoms with E-state index in [1.54, 1.807) is 0 Å². The van der Waals surface area contributed by atoms with Gasteiger partial charge in [0.2, 0.25) is 5.91 Å². The third-order valence-electron chi connectivity index (χ3n) is 5.66. The van der Waals surface area contributed by atoms with E-state index >= 15 is 0 Å². The van der Waals surface area contributed by atoms with Crippen molar-refractivity contribution in [3.05, 3.63) is 89.0 Å². The van der Waals surface area contributed by atoms with Crippen LogP contribution in [0.5, 0.6) is 5.75 Å². The number of aryl methyl sites for hydroxylation is 2. The first kappa shape index (κ1) is 23.0. The second-order valence-electron chi connectivity index (χ2n) is 8.00. The van der Waals surface area contributed by atoms with Gasteiger partial charge in [-0.1, -0.05) is 49.9 Å². The number of ether oxygens (including phenoxy) is 1. The van der Waals surface area contributed by atoms with Crippen molar-refractivity contribution < 1.29 is 14.3 Å². The van der Waals surface area contributed by atoms with Gasteiger partial charge in [-0.3, -0.25) is 24.9 Å². The van der Waals surface area contributed by atoms with Gasteiger partial charge >= 0.3 is 0 Å². The number of benzene rings is 1. The molecule has 2 unspecified atom stereocenters. The Morgan fingerprint density at radius 1 is 0.909 bits per heavy atom. The molecule has 1 aromatic carbocycles. The average molecular weight is 462 g/mol. The fourth-order valence-corrected chi connectivity index (χ4v) is 4.49. The molecule has 3 aromatic rings. The summed E-state index contributed by atoms with van der Waals surface area (Å²) < 4.78 is 6.36. The smallest absolute Gasteiger partial charge is 0.286 e. The second-order valence-corrected chi connectivity index (χ2v) is 9.17. The molecule has 0 bridgehead atoms. The summed E-state index contributed by atoms with van der Waals surface area (Å²) in [6.07, 6.45) is 6.52. The first-order valence-corrected chi connectivity index (χ1v) is 12.1. The second kappa shape index (κ2) is 10.6. The summed E-state index contributed by atoms with van der Waals surface area (Å²) in [6, 6.07) is 15.9. The van der Waals surface area contributed by atoms with E-state index in [4.69, 9.17) is 4.74 Å². The van der Waals surface area contributed by atoms with Crippen LogP contribution in [0.25, 0.3) is 0 Å². The molecule has 0 aliphatic carbocycles. The Kier molecular flexibility index (Phi) is 7.40. The summed E-state index contributed by atoms with van der Waals surface area (Å²) in [5.41, 5.74) is 5.16. The Bertz CT molecular complexity index is 1100. The highest BCUT2D eigenvalue weighted by molar-refractivity contribution is 8.15. The van der Waals surface area contributed by atoms with Crippen molar-refractivity contribution >= 4 is 22.9 Å². The summed E-state index contributed by atoms with van der Waals surface area (Å²) >= 11 is 1.04. The minimum atomic E-state index is -0.379. The molecule has 0 radical (unpaired) electrons. The average Bonchev–Trinajstić information content (AvgIpc) is 3.16. The zero-order valence-corrected chi connectivity index (χ0v) is 19.6. The predicted octanol–water partition coefficient (Wildman–Crippen LogP) is 4.86. The van der Waals surface area contributed by atoms with Crippen LogP contribution in [0.1, 0.15) is 48.0 Å². The number of imide groups is 1. The third-order valence-corrected chi connectivity index (χ3v) is 6.65. The van der Waals surface area contributed by atoms with Crippen LogP contribution in [0.4, 0.5) is 4.79 Å². The van der Waals surface area contributed by atoms with Gasteiger partial charge in [0.25, 0.3) is 5.24 Å². The van der Waals surface area contributed by atoms with E-state index in [1.165, 1.54) is 11.1 Å². The van der Waals surface area contributed by atoms with Crippen molar-refractivity contribution in [3.63, 3.8) is 0 Å². The van der Waals surface area contributed by atoms with E-state index in [9.17, 15) is 9.59 Å². The Hall–Kier alpha value is -3.19. The zero-order valence-electron chi connectivity index (χ0n) is 18.8. The number of nitrogens with one attached hydrogen (secondary N) is 1. The summed E-state index contributed by atoms with van der Waals surface area (Å²) in [5.74, 6) is 0.489. The lowest BCUT2D eigenvalue weighted by Crippen LogP contribution is -2.25. The van der Waals surface area contributed by atoms with Crippen LogP contribution in [0, 0.1) is 0 Å². The van der Waals surface area contributed by atoms with Gasteiger partial charge in [-0.25, -0.2) is 0 Å². The van der Waals surface area contributed by atoms with Gasteiger partial charge in [-0.15, -0.1) is 0 Å². The molecule has 2 aromatic heterocycles. The number of hydrogen-bond acceptors (Lipinski definition) is 6. The molecule has 4 rings (SSSR count). The molecule has 1 saturated heterocycles. The maximum Gasteiger partial charge on any atom is 0.286 e. The molecule has 33 heavy (non-hydrogen) atoms. The Balaban J connectivity index is 1.49. The van der Waals surface area contributed by atoms with Gasteiger partial charge in [0.15, 0.2) is 0 Å². The van der Waals surface area contributed by atoms with Crippen LogP contribution in [-0.4, -0.2) is 26.4 Å². The van der Waals surface area contributed by atoms with E-state index < -0.39 is 0 Å². The number of rotatable bonds is 9.